The molecule has 0 spiro atoms. The van der Waals surface area contributed by atoms with Gasteiger partial charge in [-0.1, -0.05) is 12.1 Å². The second-order valence-corrected chi connectivity index (χ2v) is 8.62. The molecule has 0 unspecified atom stereocenters. The molecule has 0 atom stereocenters. The van der Waals surface area contributed by atoms with Gasteiger partial charge in [0.05, 0.1) is 32.8 Å². The number of nitrogens with zero attached hydrogens (tertiary/aromatic N) is 1. The number of amides is 1. The van der Waals surface area contributed by atoms with Gasteiger partial charge in [-0.3, -0.25) is 4.79 Å². The van der Waals surface area contributed by atoms with E-state index >= 15 is 0 Å². The Morgan fingerprint density at radius 3 is 2.23 bits per heavy atom. The molecule has 0 saturated heterocycles. The highest BCUT2D eigenvalue weighted by Crippen LogP contribution is 2.30. The predicted octanol–water partition coefficient (Wildman–Crippen LogP) is 2.08. The maximum atomic E-state index is 12.7. The number of carbonyl (C=O) groups is 1. The van der Waals surface area contributed by atoms with Gasteiger partial charge in [-0.2, -0.15) is 4.31 Å². The average Bonchev–Trinajstić information content (AvgIpc) is 2.76. The van der Waals surface area contributed by atoms with Crippen molar-refractivity contribution in [3.8, 4) is 17.2 Å². The fourth-order valence-corrected chi connectivity index (χ4v) is 3.96. The number of hydrogen-bond donors (Lipinski definition) is 1. The Morgan fingerprint density at radius 1 is 0.967 bits per heavy atom. The zero-order valence-corrected chi connectivity index (χ0v) is 18.5. The minimum absolute atomic E-state index is 0.0231. The number of sulfonamides is 1. The molecule has 164 valence electrons. The van der Waals surface area contributed by atoms with E-state index in [0.29, 0.717) is 18.0 Å². The van der Waals surface area contributed by atoms with Gasteiger partial charge in [0.1, 0.15) is 5.75 Å². The molecule has 8 nitrogen and oxygen atoms in total. The van der Waals surface area contributed by atoms with Crippen LogP contribution in [0.2, 0.25) is 0 Å². The van der Waals surface area contributed by atoms with Gasteiger partial charge < -0.3 is 19.5 Å². The Labute approximate surface area is 177 Å². The average molecular weight is 437 g/mol. The zero-order chi connectivity index (χ0) is 22.1. The van der Waals surface area contributed by atoms with Gasteiger partial charge in [-0.05, 0) is 42.7 Å². The summed E-state index contributed by atoms with van der Waals surface area (Å²) in [6.07, 6.45) is 1.54. The van der Waals surface area contributed by atoms with Crippen LogP contribution in [0.5, 0.6) is 17.2 Å². The molecule has 2 aromatic carbocycles. The fraction of sp³-hybridized carbons (Fsp3) is 0.381. The second-order valence-electron chi connectivity index (χ2n) is 6.58. The minimum Gasteiger partial charge on any atom is -0.497 e. The number of rotatable bonds is 11. The summed E-state index contributed by atoms with van der Waals surface area (Å²) in [5.41, 5.74) is 1.14. The van der Waals surface area contributed by atoms with Gasteiger partial charge >= 0.3 is 0 Å². The maximum absolute atomic E-state index is 12.7. The summed E-state index contributed by atoms with van der Waals surface area (Å²) in [6, 6.07) is 12.0. The topological polar surface area (TPSA) is 94.2 Å². The molecule has 0 aliphatic carbocycles. The molecule has 0 aliphatic heterocycles. The molecule has 0 heterocycles. The Bertz CT molecular complexity index is 944. The van der Waals surface area contributed by atoms with Crippen molar-refractivity contribution in [2.45, 2.75) is 17.7 Å². The zero-order valence-electron chi connectivity index (χ0n) is 17.7. The van der Waals surface area contributed by atoms with Gasteiger partial charge in [-0.25, -0.2) is 8.42 Å². The molecule has 1 amide bonds. The first kappa shape index (κ1) is 23.5. The van der Waals surface area contributed by atoms with Crippen molar-refractivity contribution in [2.75, 3.05) is 41.5 Å². The van der Waals surface area contributed by atoms with Gasteiger partial charge in [0, 0.05) is 19.7 Å². The van der Waals surface area contributed by atoms with Crippen LogP contribution in [0.15, 0.2) is 47.4 Å². The number of methoxy groups -OCH3 is 3. The molecule has 0 aromatic heterocycles. The smallest absolute Gasteiger partial charge is 0.243 e. The van der Waals surface area contributed by atoms with Crippen LogP contribution >= 0.6 is 0 Å². The molecule has 0 saturated carbocycles. The Kier molecular flexibility index (Phi) is 8.49. The third kappa shape index (κ3) is 6.11. The summed E-state index contributed by atoms with van der Waals surface area (Å²) in [5, 5.41) is 2.76. The van der Waals surface area contributed by atoms with E-state index in [1.807, 2.05) is 24.3 Å². The van der Waals surface area contributed by atoms with E-state index in [1.165, 1.54) is 39.5 Å². The van der Waals surface area contributed by atoms with Crippen molar-refractivity contribution in [3.05, 3.63) is 48.0 Å². The van der Waals surface area contributed by atoms with E-state index in [1.54, 1.807) is 7.11 Å². The van der Waals surface area contributed by atoms with E-state index in [2.05, 4.69) is 5.32 Å². The summed E-state index contributed by atoms with van der Waals surface area (Å²) in [4.78, 5) is 12.2. The minimum atomic E-state index is -3.85. The summed E-state index contributed by atoms with van der Waals surface area (Å²) >= 11 is 0. The number of likely N-dealkylation sites (N-methyl/N-ethyl adjacent to an activating group) is 1. The summed E-state index contributed by atoms with van der Waals surface area (Å²) in [6.45, 7) is 0.175. The van der Waals surface area contributed by atoms with Crippen molar-refractivity contribution >= 4 is 15.9 Å². The van der Waals surface area contributed by atoms with Crippen LogP contribution in [0.25, 0.3) is 0 Å². The first-order chi connectivity index (χ1) is 14.3. The SMILES string of the molecule is COc1ccc(CCCNC(=O)CN(C)S(=O)(=O)c2ccc(OC)c(OC)c2)cc1. The third-order valence-corrected chi connectivity index (χ3v) is 6.35. The first-order valence-electron chi connectivity index (χ1n) is 9.39. The summed E-state index contributed by atoms with van der Waals surface area (Å²) < 4.78 is 41.9. The van der Waals surface area contributed by atoms with Gasteiger partial charge in [0.15, 0.2) is 11.5 Å². The Morgan fingerprint density at radius 2 is 1.63 bits per heavy atom. The van der Waals surface area contributed by atoms with Crippen molar-refractivity contribution in [1.82, 2.24) is 9.62 Å². The molecule has 0 bridgehead atoms. The van der Waals surface area contributed by atoms with Crippen molar-refractivity contribution < 1.29 is 27.4 Å². The molecular formula is C21H28N2O6S. The van der Waals surface area contributed by atoms with Gasteiger partial charge in [0.2, 0.25) is 15.9 Å². The predicted molar refractivity (Wildman–Crippen MR) is 114 cm³/mol. The molecule has 2 rings (SSSR count). The Balaban J connectivity index is 1.86. The first-order valence-corrected chi connectivity index (χ1v) is 10.8. The number of aryl methyl sites for hydroxylation is 1. The standard InChI is InChI=1S/C21H28N2O6S/c1-23(30(25,26)18-11-12-19(28-3)20(14-18)29-4)15-21(24)22-13-5-6-16-7-9-17(27-2)10-8-16/h7-12,14H,5-6,13,15H2,1-4H3,(H,22,24). The lowest BCUT2D eigenvalue weighted by atomic mass is 10.1. The van der Waals surface area contributed by atoms with Crippen LogP contribution in [0, 0.1) is 0 Å². The van der Waals surface area contributed by atoms with E-state index in [-0.39, 0.29) is 17.3 Å². The Hall–Kier alpha value is -2.78. The lowest BCUT2D eigenvalue weighted by molar-refractivity contribution is -0.121. The lowest BCUT2D eigenvalue weighted by Gasteiger charge is -2.18. The van der Waals surface area contributed by atoms with Crippen LogP contribution in [0.1, 0.15) is 12.0 Å². The molecule has 2 aromatic rings. The summed E-state index contributed by atoms with van der Waals surface area (Å²) in [5.74, 6) is 1.16. The van der Waals surface area contributed by atoms with Crippen molar-refractivity contribution in [2.24, 2.45) is 0 Å². The highest BCUT2D eigenvalue weighted by Gasteiger charge is 2.24. The summed E-state index contributed by atoms with van der Waals surface area (Å²) in [7, 11) is 2.03. The third-order valence-electron chi connectivity index (χ3n) is 4.55. The molecule has 1 N–H and O–H groups in total. The van der Waals surface area contributed by atoms with Gasteiger partial charge in [-0.15, -0.1) is 0 Å². The highest BCUT2D eigenvalue weighted by molar-refractivity contribution is 7.89. The molecule has 0 aliphatic rings. The molecular weight excluding hydrogens is 408 g/mol. The van der Waals surface area contributed by atoms with E-state index in [4.69, 9.17) is 14.2 Å². The van der Waals surface area contributed by atoms with E-state index < -0.39 is 10.0 Å². The van der Waals surface area contributed by atoms with Crippen molar-refractivity contribution in [3.63, 3.8) is 0 Å². The lowest BCUT2D eigenvalue weighted by Crippen LogP contribution is -2.38. The van der Waals surface area contributed by atoms with Crippen LogP contribution in [-0.2, 0) is 21.2 Å². The number of hydrogen-bond acceptors (Lipinski definition) is 6. The second kappa shape index (κ2) is 10.8. The molecule has 30 heavy (non-hydrogen) atoms. The fourth-order valence-electron chi connectivity index (χ4n) is 2.81. The monoisotopic (exact) mass is 436 g/mol. The van der Waals surface area contributed by atoms with Gasteiger partial charge in [0.25, 0.3) is 0 Å². The van der Waals surface area contributed by atoms with Crippen LogP contribution in [0.3, 0.4) is 0 Å². The highest BCUT2D eigenvalue weighted by atomic mass is 32.2. The van der Waals surface area contributed by atoms with E-state index in [9.17, 15) is 13.2 Å². The normalized spacial score (nSPS) is 11.2. The number of benzene rings is 2. The van der Waals surface area contributed by atoms with Crippen LogP contribution < -0.4 is 19.5 Å². The van der Waals surface area contributed by atoms with E-state index in [0.717, 1.165) is 28.5 Å². The quantitative estimate of drug-likeness (QED) is 0.542. The van der Waals surface area contributed by atoms with Crippen LogP contribution in [-0.4, -0.2) is 60.1 Å². The van der Waals surface area contributed by atoms with Crippen LogP contribution in [0.4, 0.5) is 0 Å². The number of carbonyl (C=O) groups excluding carboxylic acids is 1. The number of nitrogens with one attached hydrogen (secondary N) is 1. The van der Waals surface area contributed by atoms with Crippen molar-refractivity contribution in [1.29, 1.82) is 0 Å². The molecule has 0 fully saturated rings. The molecule has 0 radical (unpaired) electrons. The maximum Gasteiger partial charge on any atom is 0.243 e. The number of ether oxygens (including phenoxy) is 3. The molecule has 9 heteroatoms. The largest absolute Gasteiger partial charge is 0.497 e.